The molecule has 1 fully saturated rings. The van der Waals surface area contributed by atoms with Crippen LogP contribution in [0.2, 0.25) is 0 Å². The molecule has 0 aromatic rings. The van der Waals surface area contributed by atoms with Crippen LogP contribution in [-0.2, 0) is 0 Å². The zero-order valence-corrected chi connectivity index (χ0v) is 14.0. The largest absolute Gasteiger partial charge is 0.329 e. The summed E-state index contributed by atoms with van der Waals surface area (Å²) >= 11 is 0. The summed E-state index contributed by atoms with van der Waals surface area (Å²) in [6, 6.07) is 0.663. The van der Waals surface area contributed by atoms with E-state index in [-0.39, 0.29) is 5.54 Å². The Balaban J connectivity index is 2.83. The standard InChI is InChI=1S/C17H36N2/c1-6-8-13-19(15(3)7-2)17(14-18)11-9-16(4,5)10-12-17/h15H,6-14,18H2,1-5H3. The molecule has 1 rings (SSSR count). The maximum Gasteiger partial charge on any atom is 0.0334 e. The van der Waals surface area contributed by atoms with Crippen LogP contribution in [0.25, 0.3) is 0 Å². The fourth-order valence-electron chi connectivity index (χ4n) is 3.47. The van der Waals surface area contributed by atoms with Crippen LogP contribution in [0, 0.1) is 5.41 Å². The normalized spacial score (nSPS) is 23.5. The Morgan fingerprint density at radius 3 is 2.11 bits per heavy atom. The van der Waals surface area contributed by atoms with Crippen LogP contribution in [0.15, 0.2) is 0 Å². The minimum atomic E-state index is 0.278. The van der Waals surface area contributed by atoms with E-state index in [0.29, 0.717) is 11.5 Å². The average Bonchev–Trinajstić information content (AvgIpc) is 2.40. The van der Waals surface area contributed by atoms with Gasteiger partial charge in [-0.15, -0.1) is 0 Å². The van der Waals surface area contributed by atoms with Gasteiger partial charge in [-0.25, -0.2) is 0 Å². The highest BCUT2D eigenvalue weighted by Gasteiger charge is 2.42. The summed E-state index contributed by atoms with van der Waals surface area (Å²) in [4.78, 5) is 2.76. The summed E-state index contributed by atoms with van der Waals surface area (Å²) in [5.41, 5.74) is 7.05. The lowest BCUT2D eigenvalue weighted by Gasteiger charge is -2.52. The van der Waals surface area contributed by atoms with Crippen molar-refractivity contribution in [2.45, 2.75) is 91.1 Å². The van der Waals surface area contributed by atoms with E-state index in [1.54, 1.807) is 0 Å². The summed E-state index contributed by atoms with van der Waals surface area (Å²) in [5.74, 6) is 0. The van der Waals surface area contributed by atoms with Gasteiger partial charge in [-0.3, -0.25) is 4.90 Å². The van der Waals surface area contributed by atoms with E-state index in [9.17, 15) is 0 Å². The summed E-state index contributed by atoms with van der Waals surface area (Å²) in [6.07, 6.45) is 9.02. The molecule has 0 aromatic heterocycles. The Kier molecular flexibility index (Phi) is 6.32. The van der Waals surface area contributed by atoms with Crippen LogP contribution in [0.5, 0.6) is 0 Å². The first kappa shape index (κ1) is 17.0. The highest BCUT2D eigenvalue weighted by molar-refractivity contribution is 4.99. The zero-order chi connectivity index (χ0) is 14.5. The number of nitrogens with zero attached hydrogens (tertiary/aromatic N) is 1. The molecule has 0 aliphatic heterocycles. The fraction of sp³-hybridized carbons (Fsp3) is 1.00. The number of rotatable bonds is 7. The third-order valence-electron chi connectivity index (χ3n) is 5.40. The van der Waals surface area contributed by atoms with E-state index >= 15 is 0 Å². The van der Waals surface area contributed by atoms with Crippen LogP contribution < -0.4 is 5.73 Å². The first-order chi connectivity index (χ1) is 8.90. The quantitative estimate of drug-likeness (QED) is 0.750. The molecule has 0 heterocycles. The fourth-order valence-corrected chi connectivity index (χ4v) is 3.47. The van der Waals surface area contributed by atoms with Gasteiger partial charge < -0.3 is 5.73 Å². The topological polar surface area (TPSA) is 29.3 Å². The molecule has 0 bridgehead atoms. The minimum absolute atomic E-state index is 0.278. The Morgan fingerprint density at radius 1 is 1.11 bits per heavy atom. The second kappa shape index (κ2) is 7.08. The van der Waals surface area contributed by atoms with Crippen LogP contribution in [-0.4, -0.2) is 29.6 Å². The van der Waals surface area contributed by atoms with Crippen molar-refractivity contribution in [3.05, 3.63) is 0 Å². The van der Waals surface area contributed by atoms with Crippen LogP contribution in [0.3, 0.4) is 0 Å². The number of hydrogen-bond donors (Lipinski definition) is 1. The molecule has 1 atom stereocenters. The second-order valence-electron chi connectivity index (χ2n) is 7.40. The first-order valence-corrected chi connectivity index (χ1v) is 8.37. The molecular formula is C17H36N2. The molecule has 1 unspecified atom stereocenters. The average molecular weight is 268 g/mol. The Hall–Kier alpha value is -0.0800. The lowest BCUT2D eigenvalue weighted by atomic mass is 9.68. The van der Waals surface area contributed by atoms with Crippen molar-refractivity contribution in [1.29, 1.82) is 0 Å². The van der Waals surface area contributed by atoms with E-state index < -0.39 is 0 Å². The second-order valence-corrected chi connectivity index (χ2v) is 7.40. The van der Waals surface area contributed by atoms with Gasteiger partial charge in [0.05, 0.1) is 0 Å². The SMILES string of the molecule is CCCCN(C(C)CC)C1(CN)CCC(C)(C)CC1. The predicted octanol–water partition coefficient (Wildman–Crippen LogP) is 4.18. The summed E-state index contributed by atoms with van der Waals surface area (Å²) in [7, 11) is 0. The molecule has 1 saturated carbocycles. The third-order valence-corrected chi connectivity index (χ3v) is 5.40. The Labute approximate surface area is 121 Å². The molecule has 1 aliphatic carbocycles. The van der Waals surface area contributed by atoms with Crippen molar-refractivity contribution in [3.8, 4) is 0 Å². The molecule has 19 heavy (non-hydrogen) atoms. The molecular weight excluding hydrogens is 232 g/mol. The smallest absolute Gasteiger partial charge is 0.0334 e. The van der Waals surface area contributed by atoms with Gasteiger partial charge in [0.25, 0.3) is 0 Å². The summed E-state index contributed by atoms with van der Waals surface area (Å²) < 4.78 is 0. The molecule has 0 aromatic carbocycles. The van der Waals surface area contributed by atoms with E-state index in [2.05, 4.69) is 39.5 Å². The van der Waals surface area contributed by atoms with Gasteiger partial charge in [-0.1, -0.05) is 34.1 Å². The molecule has 1 aliphatic rings. The lowest BCUT2D eigenvalue weighted by Crippen LogP contribution is -2.59. The van der Waals surface area contributed by atoms with E-state index in [0.717, 1.165) is 6.54 Å². The molecule has 2 nitrogen and oxygen atoms in total. The Bertz CT molecular complexity index is 250. The number of hydrogen-bond acceptors (Lipinski definition) is 2. The van der Waals surface area contributed by atoms with Gasteiger partial charge in [0, 0.05) is 18.1 Å². The highest BCUT2D eigenvalue weighted by atomic mass is 15.2. The van der Waals surface area contributed by atoms with E-state index in [4.69, 9.17) is 5.73 Å². The van der Waals surface area contributed by atoms with Crippen LogP contribution in [0.1, 0.15) is 79.6 Å². The molecule has 2 heteroatoms. The molecule has 2 N–H and O–H groups in total. The highest BCUT2D eigenvalue weighted by Crippen LogP contribution is 2.43. The van der Waals surface area contributed by atoms with Crippen molar-refractivity contribution in [2.75, 3.05) is 13.1 Å². The lowest BCUT2D eigenvalue weighted by molar-refractivity contribution is -0.00459. The van der Waals surface area contributed by atoms with Gasteiger partial charge in [0.15, 0.2) is 0 Å². The van der Waals surface area contributed by atoms with E-state index in [1.807, 2.05) is 0 Å². The van der Waals surface area contributed by atoms with Crippen LogP contribution in [0.4, 0.5) is 0 Å². The van der Waals surface area contributed by atoms with Gasteiger partial charge in [0.1, 0.15) is 0 Å². The molecule has 0 spiro atoms. The number of unbranched alkanes of at least 4 members (excludes halogenated alkanes) is 1. The van der Waals surface area contributed by atoms with Crippen molar-refractivity contribution >= 4 is 0 Å². The van der Waals surface area contributed by atoms with Crippen LogP contribution >= 0.6 is 0 Å². The minimum Gasteiger partial charge on any atom is -0.329 e. The molecule has 0 saturated heterocycles. The number of nitrogens with two attached hydrogens (primary N) is 1. The van der Waals surface area contributed by atoms with Gasteiger partial charge in [-0.2, -0.15) is 0 Å². The van der Waals surface area contributed by atoms with Crippen molar-refractivity contribution in [2.24, 2.45) is 11.1 Å². The van der Waals surface area contributed by atoms with E-state index in [1.165, 1.54) is 51.5 Å². The maximum atomic E-state index is 6.25. The molecule has 0 radical (unpaired) electrons. The summed E-state index contributed by atoms with van der Waals surface area (Å²) in [5, 5.41) is 0. The van der Waals surface area contributed by atoms with Crippen molar-refractivity contribution < 1.29 is 0 Å². The Morgan fingerprint density at radius 2 is 1.68 bits per heavy atom. The maximum absolute atomic E-state index is 6.25. The first-order valence-electron chi connectivity index (χ1n) is 8.37. The molecule has 0 amide bonds. The molecule has 114 valence electrons. The summed E-state index contributed by atoms with van der Waals surface area (Å²) in [6.45, 7) is 13.8. The third kappa shape index (κ3) is 4.19. The van der Waals surface area contributed by atoms with Gasteiger partial charge in [-0.05, 0) is 57.4 Å². The predicted molar refractivity (Wildman–Crippen MR) is 85.4 cm³/mol. The van der Waals surface area contributed by atoms with Gasteiger partial charge >= 0.3 is 0 Å². The zero-order valence-electron chi connectivity index (χ0n) is 14.0. The van der Waals surface area contributed by atoms with Crippen molar-refractivity contribution in [1.82, 2.24) is 4.90 Å². The van der Waals surface area contributed by atoms with Crippen molar-refractivity contribution in [3.63, 3.8) is 0 Å². The van der Waals surface area contributed by atoms with Gasteiger partial charge in [0.2, 0.25) is 0 Å². The monoisotopic (exact) mass is 268 g/mol.